The molecule has 0 fully saturated rings. The second kappa shape index (κ2) is 4.93. The van der Waals surface area contributed by atoms with E-state index < -0.39 is 35.3 Å². The topological polar surface area (TPSA) is 57.5 Å². The maximum absolute atomic E-state index is 12.4. The number of hydrogen-bond acceptors (Lipinski definition) is 2. The second-order valence-electron chi connectivity index (χ2n) is 3.35. The molecule has 0 spiro atoms. The summed E-state index contributed by atoms with van der Waals surface area (Å²) >= 11 is 5.42. The third kappa shape index (κ3) is 3.61. The number of halogens is 4. The van der Waals surface area contributed by atoms with E-state index in [4.69, 9.17) is 16.7 Å². The Labute approximate surface area is 99.4 Å². The number of aliphatic hydroxyl groups excluding tert-OH is 1. The molecule has 0 saturated carbocycles. The van der Waals surface area contributed by atoms with E-state index >= 15 is 0 Å². The molecule has 1 rings (SSSR count). The zero-order valence-corrected chi connectivity index (χ0v) is 9.09. The fourth-order valence-corrected chi connectivity index (χ4v) is 1.55. The van der Waals surface area contributed by atoms with E-state index in [0.717, 1.165) is 12.1 Å². The lowest BCUT2D eigenvalue weighted by Crippen LogP contribution is -2.09. The van der Waals surface area contributed by atoms with Crippen molar-refractivity contribution >= 4 is 17.6 Å². The summed E-state index contributed by atoms with van der Waals surface area (Å²) in [6.07, 6.45) is -6.55. The molecule has 94 valence electrons. The highest BCUT2D eigenvalue weighted by Gasteiger charge is 2.33. The van der Waals surface area contributed by atoms with Crippen molar-refractivity contribution in [3.05, 3.63) is 34.3 Å². The zero-order valence-electron chi connectivity index (χ0n) is 8.33. The lowest BCUT2D eigenvalue weighted by Gasteiger charge is -2.12. The van der Waals surface area contributed by atoms with Crippen LogP contribution in [0.4, 0.5) is 13.2 Å². The Bertz CT molecular complexity index is 431. The molecular formula is C10H8ClF3O3. The first kappa shape index (κ1) is 13.8. The maximum atomic E-state index is 12.4. The normalized spacial score (nSPS) is 13.5. The van der Waals surface area contributed by atoms with E-state index in [9.17, 15) is 23.1 Å². The quantitative estimate of drug-likeness (QED) is 0.886. The largest absolute Gasteiger partial charge is 0.481 e. The van der Waals surface area contributed by atoms with Crippen LogP contribution >= 0.6 is 11.6 Å². The molecular weight excluding hydrogens is 261 g/mol. The highest BCUT2D eigenvalue weighted by molar-refractivity contribution is 6.31. The molecule has 3 nitrogen and oxygen atoms in total. The number of aliphatic hydroxyl groups is 1. The molecule has 1 aromatic carbocycles. The molecule has 0 radical (unpaired) electrons. The molecule has 0 heterocycles. The van der Waals surface area contributed by atoms with Gasteiger partial charge >= 0.3 is 12.1 Å². The van der Waals surface area contributed by atoms with Crippen molar-refractivity contribution in [1.29, 1.82) is 0 Å². The average molecular weight is 269 g/mol. The van der Waals surface area contributed by atoms with Crippen LogP contribution in [0, 0.1) is 0 Å². The van der Waals surface area contributed by atoms with Crippen LogP contribution in [0.25, 0.3) is 0 Å². The van der Waals surface area contributed by atoms with Gasteiger partial charge in [0.15, 0.2) is 0 Å². The van der Waals surface area contributed by atoms with E-state index in [1.807, 2.05) is 0 Å². The number of carboxylic acids is 1. The Morgan fingerprint density at radius 3 is 2.41 bits per heavy atom. The van der Waals surface area contributed by atoms with Gasteiger partial charge in [-0.1, -0.05) is 17.7 Å². The van der Waals surface area contributed by atoms with Crippen molar-refractivity contribution in [2.75, 3.05) is 0 Å². The van der Waals surface area contributed by atoms with E-state index in [1.165, 1.54) is 0 Å². The smallest absolute Gasteiger partial charge is 0.417 e. The number of alkyl halides is 3. The van der Waals surface area contributed by atoms with Crippen LogP contribution in [0.1, 0.15) is 23.7 Å². The lowest BCUT2D eigenvalue weighted by molar-refractivity contribution is -0.140. The van der Waals surface area contributed by atoms with Crippen LogP contribution in [0.15, 0.2) is 18.2 Å². The number of hydrogen-bond donors (Lipinski definition) is 2. The number of aliphatic carboxylic acids is 1. The summed E-state index contributed by atoms with van der Waals surface area (Å²) in [5.41, 5.74) is -0.990. The summed E-state index contributed by atoms with van der Waals surface area (Å²) in [5, 5.41) is 17.2. The van der Waals surface area contributed by atoms with Gasteiger partial charge in [0.05, 0.1) is 23.1 Å². The summed E-state index contributed by atoms with van der Waals surface area (Å²) in [5.74, 6) is -1.26. The Morgan fingerprint density at radius 2 is 2.00 bits per heavy atom. The Kier molecular flexibility index (Phi) is 4.00. The highest BCUT2D eigenvalue weighted by atomic mass is 35.5. The summed E-state index contributed by atoms with van der Waals surface area (Å²) in [4.78, 5) is 10.3. The van der Waals surface area contributed by atoms with Crippen LogP contribution in [0.3, 0.4) is 0 Å². The standard InChI is InChI=1S/C10H8ClF3O3/c11-7-3-5(8(15)4-9(16)17)1-2-6(7)10(12,13)14/h1-3,8,15H,4H2,(H,16,17). The molecule has 0 aliphatic heterocycles. The van der Waals surface area contributed by atoms with Gasteiger partial charge in [0.25, 0.3) is 0 Å². The fourth-order valence-electron chi connectivity index (χ4n) is 1.25. The van der Waals surface area contributed by atoms with Crippen molar-refractivity contribution in [3.8, 4) is 0 Å². The van der Waals surface area contributed by atoms with Gasteiger partial charge in [0.1, 0.15) is 0 Å². The highest BCUT2D eigenvalue weighted by Crippen LogP contribution is 2.36. The van der Waals surface area contributed by atoms with E-state index in [0.29, 0.717) is 6.07 Å². The maximum Gasteiger partial charge on any atom is 0.417 e. The van der Waals surface area contributed by atoms with Crippen LogP contribution in [-0.2, 0) is 11.0 Å². The minimum Gasteiger partial charge on any atom is -0.481 e. The molecule has 0 bridgehead atoms. The Balaban J connectivity index is 3.00. The second-order valence-corrected chi connectivity index (χ2v) is 3.76. The van der Waals surface area contributed by atoms with E-state index in [2.05, 4.69) is 0 Å². The van der Waals surface area contributed by atoms with Gasteiger partial charge in [-0.3, -0.25) is 4.79 Å². The van der Waals surface area contributed by atoms with Gasteiger partial charge in [0, 0.05) is 0 Å². The van der Waals surface area contributed by atoms with Crippen molar-refractivity contribution in [3.63, 3.8) is 0 Å². The van der Waals surface area contributed by atoms with Crippen LogP contribution < -0.4 is 0 Å². The molecule has 7 heteroatoms. The first-order valence-corrected chi connectivity index (χ1v) is 4.86. The molecule has 0 aliphatic carbocycles. The van der Waals surface area contributed by atoms with Crippen molar-refractivity contribution in [1.82, 2.24) is 0 Å². The van der Waals surface area contributed by atoms with Crippen molar-refractivity contribution in [2.45, 2.75) is 18.7 Å². The molecule has 0 amide bonds. The molecule has 17 heavy (non-hydrogen) atoms. The SMILES string of the molecule is O=C(O)CC(O)c1ccc(C(F)(F)F)c(Cl)c1. The third-order valence-corrected chi connectivity index (χ3v) is 2.36. The van der Waals surface area contributed by atoms with E-state index in [1.54, 1.807) is 0 Å². The molecule has 2 N–H and O–H groups in total. The molecule has 1 aromatic rings. The van der Waals surface area contributed by atoms with Crippen molar-refractivity contribution < 1.29 is 28.2 Å². The van der Waals surface area contributed by atoms with Gasteiger partial charge in [-0.15, -0.1) is 0 Å². The predicted octanol–water partition coefficient (Wildman–Crippen LogP) is 2.87. The summed E-state index contributed by atoms with van der Waals surface area (Å²) < 4.78 is 37.1. The van der Waals surface area contributed by atoms with Crippen LogP contribution in [0.5, 0.6) is 0 Å². The number of carboxylic acid groups (broad SMARTS) is 1. The van der Waals surface area contributed by atoms with Crippen LogP contribution in [-0.4, -0.2) is 16.2 Å². The fraction of sp³-hybridized carbons (Fsp3) is 0.300. The molecule has 1 atom stereocenters. The Morgan fingerprint density at radius 1 is 1.41 bits per heavy atom. The zero-order chi connectivity index (χ0) is 13.2. The lowest BCUT2D eigenvalue weighted by atomic mass is 10.0. The minimum absolute atomic E-state index is 0.0328. The number of rotatable bonds is 3. The van der Waals surface area contributed by atoms with Gasteiger partial charge in [-0.25, -0.2) is 0 Å². The summed E-state index contributed by atoms with van der Waals surface area (Å²) in [6, 6.07) is 2.63. The number of carbonyl (C=O) groups is 1. The first-order chi connectivity index (χ1) is 7.71. The van der Waals surface area contributed by atoms with Gasteiger partial charge < -0.3 is 10.2 Å². The molecule has 0 aromatic heterocycles. The van der Waals surface area contributed by atoms with Crippen LogP contribution in [0.2, 0.25) is 5.02 Å². The minimum atomic E-state index is -4.58. The monoisotopic (exact) mass is 268 g/mol. The van der Waals surface area contributed by atoms with Gasteiger partial charge in [0.2, 0.25) is 0 Å². The van der Waals surface area contributed by atoms with Crippen molar-refractivity contribution in [2.24, 2.45) is 0 Å². The summed E-state index contributed by atoms with van der Waals surface area (Å²) in [6.45, 7) is 0. The van der Waals surface area contributed by atoms with Gasteiger partial charge in [-0.05, 0) is 17.7 Å². The molecule has 1 unspecified atom stereocenters. The van der Waals surface area contributed by atoms with Gasteiger partial charge in [-0.2, -0.15) is 13.2 Å². The number of benzene rings is 1. The summed E-state index contributed by atoms with van der Waals surface area (Å²) in [7, 11) is 0. The Hall–Kier alpha value is -1.27. The predicted molar refractivity (Wildman–Crippen MR) is 53.7 cm³/mol. The first-order valence-electron chi connectivity index (χ1n) is 4.48. The van der Waals surface area contributed by atoms with E-state index in [-0.39, 0.29) is 5.56 Å². The molecule has 0 saturated heterocycles. The third-order valence-electron chi connectivity index (χ3n) is 2.05. The molecule has 0 aliphatic rings. The average Bonchev–Trinajstić information content (AvgIpc) is 2.14.